The molecule has 5 nitrogen and oxygen atoms in total. The van der Waals surface area contributed by atoms with Crippen LogP contribution in [0.1, 0.15) is 33.6 Å². The zero-order valence-corrected chi connectivity index (χ0v) is 14.2. The zero-order chi connectivity index (χ0) is 16.4. The SMILES string of the molecule is CC(C)(C)C(=O)NC1CCN(S(=O)(=O)c2ccccc2)CC1. The molecule has 0 aliphatic carbocycles. The first-order valence-corrected chi connectivity index (χ1v) is 9.01. The summed E-state index contributed by atoms with van der Waals surface area (Å²) < 4.78 is 26.5. The second-order valence-corrected chi connectivity index (χ2v) is 8.65. The third-order valence-electron chi connectivity index (χ3n) is 3.85. The van der Waals surface area contributed by atoms with Crippen molar-refractivity contribution in [1.82, 2.24) is 9.62 Å². The molecular weight excluding hydrogens is 300 g/mol. The molecule has 1 aromatic carbocycles. The van der Waals surface area contributed by atoms with E-state index in [0.29, 0.717) is 30.8 Å². The molecule has 1 heterocycles. The predicted molar refractivity (Wildman–Crippen MR) is 85.8 cm³/mol. The van der Waals surface area contributed by atoms with Crippen LogP contribution in [0.3, 0.4) is 0 Å². The van der Waals surface area contributed by atoms with Gasteiger partial charge in [0.15, 0.2) is 0 Å². The van der Waals surface area contributed by atoms with Crippen LogP contribution in [0, 0.1) is 5.41 Å². The van der Waals surface area contributed by atoms with Crippen molar-refractivity contribution in [3.63, 3.8) is 0 Å². The number of hydrogen-bond donors (Lipinski definition) is 1. The molecule has 0 atom stereocenters. The van der Waals surface area contributed by atoms with Crippen LogP contribution < -0.4 is 5.32 Å². The smallest absolute Gasteiger partial charge is 0.243 e. The van der Waals surface area contributed by atoms with Gasteiger partial charge in [-0.2, -0.15) is 4.31 Å². The lowest BCUT2D eigenvalue weighted by Gasteiger charge is -2.33. The number of carbonyl (C=O) groups excluding carboxylic acids is 1. The van der Waals surface area contributed by atoms with E-state index in [2.05, 4.69) is 5.32 Å². The topological polar surface area (TPSA) is 66.5 Å². The monoisotopic (exact) mass is 324 g/mol. The Kier molecular flexibility index (Phi) is 4.92. The van der Waals surface area contributed by atoms with E-state index in [-0.39, 0.29) is 11.9 Å². The highest BCUT2D eigenvalue weighted by atomic mass is 32.2. The molecule has 0 aromatic heterocycles. The Hall–Kier alpha value is -1.40. The first-order chi connectivity index (χ1) is 10.2. The molecule has 0 spiro atoms. The fourth-order valence-corrected chi connectivity index (χ4v) is 3.87. The van der Waals surface area contributed by atoms with Crippen LogP contribution in [-0.4, -0.2) is 37.8 Å². The largest absolute Gasteiger partial charge is 0.353 e. The van der Waals surface area contributed by atoms with Crippen LogP contribution in [0.2, 0.25) is 0 Å². The second-order valence-electron chi connectivity index (χ2n) is 6.71. The minimum absolute atomic E-state index is 0.0110. The Morgan fingerprint density at radius 2 is 1.68 bits per heavy atom. The third kappa shape index (κ3) is 3.87. The van der Waals surface area contributed by atoms with Crippen molar-refractivity contribution in [2.45, 2.75) is 44.6 Å². The van der Waals surface area contributed by atoms with Crippen LogP contribution >= 0.6 is 0 Å². The fraction of sp³-hybridized carbons (Fsp3) is 0.562. The van der Waals surface area contributed by atoms with Gasteiger partial charge >= 0.3 is 0 Å². The van der Waals surface area contributed by atoms with E-state index < -0.39 is 15.4 Å². The van der Waals surface area contributed by atoms with Gasteiger partial charge in [0, 0.05) is 24.5 Å². The average molecular weight is 324 g/mol. The van der Waals surface area contributed by atoms with Crippen LogP contribution in [0.15, 0.2) is 35.2 Å². The second kappa shape index (κ2) is 6.38. The highest BCUT2D eigenvalue weighted by Gasteiger charge is 2.31. The van der Waals surface area contributed by atoms with Crippen molar-refractivity contribution in [1.29, 1.82) is 0 Å². The van der Waals surface area contributed by atoms with E-state index in [1.807, 2.05) is 20.8 Å². The van der Waals surface area contributed by atoms with Gasteiger partial charge in [-0.25, -0.2) is 8.42 Å². The maximum absolute atomic E-state index is 12.5. The van der Waals surface area contributed by atoms with Gasteiger partial charge in [0.2, 0.25) is 15.9 Å². The quantitative estimate of drug-likeness (QED) is 0.925. The minimum Gasteiger partial charge on any atom is -0.353 e. The molecule has 0 bridgehead atoms. The molecule has 122 valence electrons. The van der Waals surface area contributed by atoms with Crippen LogP contribution in [0.4, 0.5) is 0 Å². The van der Waals surface area contributed by atoms with Gasteiger partial charge < -0.3 is 5.32 Å². The molecule has 6 heteroatoms. The lowest BCUT2D eigenvalue weighted by Crippen LogP contribution is -2.48. The van der Waals surface area contributed by atoms with Gasteiger partial charge in [-0.05, 0) is 25.0 Å². The summed E-state index contributed by atoms with van der Waals surface area (Å²) in [5.74, 6) is 0.0110. The van der Waals surface area contributed by atoms with Gasteiger partial charge in [0.25, 0.3) is 0 Å². The lowest BCUT2D eigenvalue weighted by molar-refractivity contribution is -0.129. The summed E-state index contributed by atoms with van der Waals surface area (Å²) in [7, 11) is -3.42. The summed E-state index contributed by atoms with van der Waals surface area (Å²) in [5.41, 5.74) is -0.423. The lowest BCUT2D eigenvalue weighted by atomic mass is 9.94. The molecule has 1 amide bonds. The van der Waals surface area contributed by atoms with E-state index >= 15 is 0 Å². The van der Waals surface area contributed by atoms with Crippen LogP contribution in [-0.2, 0) is 14.8 Å². The summed E-state index contributed by atoms with van der Waals surface area (Å²) in [6.07, 6.45) is 1.29. The zero-order valence-electron chi connectivity index (χ0n) is 13.4. The molecule has 2 rings (SSSR count). The van der Waals surface area contributed by atoms with E-state index in [1.54, 1.807) is 30.3 Å². The average Bonchev–Trinajstić information content (AvgIpc) is 2.48. The number of nitrogens with one attached hydrogen (secondary N) is 1. The first kappa shape index (κ1) is 17.0. The van der Waals surface area contributed by atoms with Crippen molar-refractivity contribution < 1.29 is 13.2 Å². The molecule has 0 unspecified atom stereocenters. The molecule has 1 N–H and O–H groups in total. The number of carbonyl (C=O) groups is 1. The molecule has 1 aliphatic heterocycles. The molecule has 1 fully saturated rings. The normalized spacial score (nSPS) is 18.1. The number of rotatable bonds is 3. The summed E-state index contributed by atoms with van der Waals surface area (Å²) in [6, 6.07) is 8.53. The number of nitrogens with zero attached hydrogens (tertiary/aromatic N) is 1. The van der Waals surface area contributed by atoms with Gasteiger partial charge in [0.05, 0.1) is 4.90 Å². The van der Waals surface area contributed by atoms with E-state index in [9.17, 15) is 13.2 Å². The molecule has 1 saturated heterocycles. The standard InChI is InChI=1S/C16H24N2O3S/c1-16(2,3)15(19)17-13-9-11-18(12-10-13)22(20,21)14-7-5-4-6-8-14/h4-8,13H,9-12H2,1-3H3,(H,17,19). The minimum atomic E-state index is -3.42. The van der Waals surface area contributed by atoms with Gasteiger partial charge in [-0.15, -0.1) is 0 Å². The summed E-state index contributed by atoms with van der Waals surface area (Å²) in [6.45, 7) is 6.49. The Morgan fingerprint density at radius 1 is 1.14 bits per heavy atom. The highest BCUT2D eigenvalue weighted by molar-refractivity contribution is 7.89. The number of piperidine rings is 1. The van der Waals surface area contributed by atoms with Crippen LogP contribution in [0.5, 0.6) is 0 Å². The van der Waals surface area contributed by atoms with Gasteiger partial charge in [-0.3, -0.25) is 4.79 Å². The Labute approximate surface area is 132 Å². The molecule has 1 aromatic rings. The van der Waals surface area contributed by atoms with Crippen LogP contribution in [0.25, 0.3) is 0 Å². The molecule has 1 aliphatic rings. The van der Waals surface area contributed by atoms with Crippen molar-refractivity contribution in [2.75, 3.05) is 13.1 Å². The molecule has 0 radical (unpaired) electrons. The van der Waals surface area contributed by atoms with Gasteiger partial charge in [0.1, 0.15) is 0 Å². The number of sulfonamides is 1. The summed E-state index contributed by atoms with van der Waals surface area (Å²) in [5, 5.41) is 3.01. The molecule has 22 heavy (non-hydrogen) atoms. The maximum Gasteiger partial charge on any atom is 0.243 e. The fourth-order valence-electron chi connectivity index (χ4n) is 2.38. The van der Waals surface area contributed by atoms with E-state index in [0.717, 1.165) is 0 Å². The van der Waals surface area contributed by atoms with E-state index in [4.69, 9.17) is 0 Å². The predicted octanol–water partition coefficient (Wildman–Crippen LogP) is 2.00. The number of benzene rings is 1. The maximum atomic E-state index is 12.5. The third-order valence-corrected chi connectivity index (χ3v) is 5.76. The van der Waals surface area contributed by atoms with Gasteiger partial charge in [-0.1, -0.05) is 39.0 Å². The number of amides is 1. The molecule has 0 saturated carbocycles. The summed E-state index contributed by atoms with van der Waals surface area (Å²) >= 11 is 0. The Morgan fingerprint density at radius 3 is 2.18 bits per heavy atom. The number of hydrogen-bond acceptors (Lipinski definition) is 3. The molecular formula is C16H24N2O3S. The Bertz CT molecular complexity index is 613. The van der Waals surface area contributed by atoms with Crippen molar-refractivity contribution >= 4 is 15.9 Å². The van der Waals surface area contributed by atoms with Crippen molar-refractivity contribution in [2.24, 2.45) is 5.41 Å². The Balaban J connectivity index is 1.97. The van der Waals surface area contributed by atoms with Crippen molar-refractivity contribution in [3.8, 4) is 0 Å². The van der Waals surface area contributed by atoms with E-state index in [1.165, 1.54) is 4.31 Å². The highest BCUT2D eigenvalue weighted by Crippen LogP contribution is 2.21. The van der Waals surface area contributed by atoms with Crippen molar-refractivity contribution in [3.05, 3.63) is 30.3 Å². The first-order valence-electron chi connectivity index (χ1n) is 7.57. The summed E-state index contributed by atoms with van der Waals surface area (Å²) in [4.78, 5) is 12.3.